The molecule has 28 heavy (non-hydrogen) atoms. The Bertz CT molecular complexity index is 822. The minimum atomic E-state index is -1.36. The zero-order chi connectivity index (χ0) is 20.7. The van der Waals surface area contributed by atoms with Gasteiger partial charge < -0.3 is 15.2 Å². The number of esters is 1. The summed E-state index contributed by atoms with van der Waals surface area (Å²) in [6.45, 7) is 6.23. The molecule has 2 aromatic carbocycles. The molecule has 0 saturated heterocycles. The van der Waals surface area contributed by atoms with Crippen LogP contribution in [0.25, 0.3) is 0 Å². The van der Waals surface area contributed by atoms with E-state index in [-0.39, 0.29) is 12.0 Å². The fourth-order valence-corrected chi connectivity index (χ4v) is 2.53. The quantitative estimate of drug-likeness (QED) is 0.716. The summed E-state index contributed by atoms with van der Waals surface area (Å²) in [7, 11) is 0. The van der Waals surface area contributed by atoms with E-state index in [1.807, 2.05) is 30.3 Å². The van der Waals surface area contributed by atoms with Crippen molar-refractivity contribution in [3.63, 3.8) is 0 Å². The SMILES string of the molecule is CC(C)(C)c1ccc(C(=O)N[C@@H](CC(=O)OCc2ccccc2)C(=O)O)cc1. The van der Waals surface area contributed by atoms with E-state index in [1.54, 1.807) is 24.3 Å². The fraction of sp³-hybridized carbons (Fsp3) is 0.318. The third-order valence-electron chi connectivity index (χ3n) is 4.23. The number of benzene rings is 2. The van der Waals surface area contributed by atoms with Crippen molar-refractivity contribution in [2.75, 3.05) is 0 Å². The van der Waals surface area contributed by atoms with E-state index in [0.717, 1.165) is 11.1 Å². The Morgan fingerprint density at radius 2 is 1.61 bits per heavy atom. The van der Waals surface area contributed by atoms with Crippen LogP contribution in [0.2, 0.25) is 0 Å². The molecule has 0 saturated carbocycles. The molecule has 0 unspecified atom stereocenters. The highest BCUT2D eigenvalue weighted by Crippen LogP contribution is 2.22. The fourth-order valence-electron chi connectivity index (χ4n) is 2.53. The Morgan fingerprint density at radius 3 is 2.14 bits per heavy atom. The number of hydrogen-bond donors (Lipinski definition) is 2. The molecule has 1 atom stereocenters. The van der Waals surface area contributed by atoms with E-state index in [0.29, 0.717) is 5.56 Å². The van der Waals surface area contributed by atoms with Crippen LogP contribution >= 0.6 is 0 Å². The summed E-state index contributed by atoms with van der Waals surface area (Å²) >= 11 is 0. The first kappa shape index (κ1) is 21.2. The molecular formula is C22H25NO5. The van der Waals surface area contributed by atoms with Crippen molar-refractivity contribution in [3.05, 3.63) is 71.3 Å². The van der Waals surface area contributed by atoms with Gasteiger partial charge in [-0.15, -0.1) is 0 Å². The molecule has 0 fully saturated rings. The number of rotatable bonds is 7. The van der Waals surface area contributed by atoms with Gasteiger partial charge in [-0.05, 0) is 28.7 Å². The number of carboxylic acid groups (broad SMARTS) is 1. The van der Waals surface area contributed by atoms with E-state index >= 15 is 0 Å². The summed E-state index contributed by atoms with van der Waals surface area (Å²) in [5.74, 6) is -2.54. The first-order valence-electron chi connectivity index (χ1n) is 9.00. The second kappa shape index (κ2) is 9.17. The van der Waals surface area contributed by atoms with Gasteiger partial charge in [-0.2, -0.15) is 0 Å². The van der Waals surface area contributed by atoms with E-state index in [2.05, 4.69) is 26.1 Å². The van der Waals surface area contributed by atoms with Crippen LogP contribution in [0.3, 0.4) is 0 Å². The Balaban J connectivity index is 1.95. The minimum absolute atomic E-state index is 0.0498. The van der Waals surface area contributed by atoms with Gasteiger partial charge in [-0.3, -0.25) is 9.59 Å². The normalized spacial score (nSPS) is 12.1. The molecule has 0 bridgehead atoms. The Labute approximate surface area is 164 Å². The number of carbonyl (C=O) groups is 3. The molecule has 1 amide bonds. The van der Waals surface area contributed by atoms with Crippen LogP contribution < -0.4 is 5.32 Å². The molecule has 2 N–H and O–H groups in total. The van der Waals surface area contributed by atoms with Crippen LogP contribution in [0, 0.1) is 0 Å². The lowest BCUT2D eigenvalue weighted by molar-refractivity contribution is -0.150. The monoisotopic (exact) mass is 383 g/mol. The maximum Gasteiger partial charge on any atom is 0.326 e. The lowest BCUT2D eigenvalue weighted by Gasteiger charge is -2.19. The van der Waals surface area contributed by atoms with Gasteiger partial charge in [0.2, 0.25) is 0 Å². The minimum Gasteiger partial charge on any atom is -0.480 e. The largest absolute Gasteiger partial charge is 0.480 e. The van der Waals surface area contributed by atoms with Crippen molar-refractivity contribution in [1.29, 1.82) is 0 Å². The van der Waals surface area contributed by atoms with Crippen molar-refractivity contribution in [2.24, 2.45) is 0 Å². The predicted molar refractivity (Wildman–Crippen MR) is 105 cm³/mol. The molecule has 0 spiro atoms. The standard InChI is InChI=1S/C22H25NO5/c1-22(2,3)17-11-9-16(10-12-17)20(25)23-18(21(26)27)13-19(24)28-14-15-7-5-4-6-8-15/h4-12,18H,13-14H2,1-3H3,(H,23,25)(H,26,27)/t18-/m0/s1. The molecule has 0 heterocycles. The van der Waals surface area contributed by atoms with E-state index in [4.69, 9.17) is 4.74 Å². The zero-order valence-electron chi connectivity index (χ0n) is 16.3. The summed E-state index contributed by atoms with van der Waals surface area (Å²) in [5, 5.41) is 11.7. The van der Waals surface area contributed by atoms with Gasteiger partial charge in [0.25, 0.3) is 5.91 Å². The molecular weight excluding hydrogens is 358 g/mol. The van der Waals surface area contributed by atoms with Crippen molar-refractivity contribution in [2.45, 2.75) is 45.3 Å². The van der Waals surface area contributed by atoms with Gasteiger partial charge in [-0.1, -0.05) is 63.2 Å². The van der Waals surface area contributed by atoms with Crippen molar-refractivity contribution >= 4 is 17.8 Å². The number of nitrogens with one attached hydrogen (secondary N) is 1. The average Bonchev–Trinajstić information content (AvgIpc) is 2.66. The van der Waals surface area contributed by atoms with E-state index < -0.39 is 30.3 Å². The number of aliphatic carboxylic acids is 1. The van der Waals surface area contributed by atoms with Crippen molar-refractivity contribution in [1.82, 2.24) is 5.32 Å². The maximum atomic E-state index is 12.4. The number of ether oxygens (including phenoxy) is 1. The number of carbonyl (C=O) groups excluding carboxylic acids is 2. The summed E-state index contributed by atoms with van der Waals surface area (Å²) in [6, 6.07) is 14.6. The van der Waals surface area contributed by atoms with Crippen molar-refractivity contribution < 1.29 is 24.2 Å². The lowest BCUT2D eigenvalue weighted by Crippen LogP contribution is -2.42. The topological polar surface area (TPSA) is 92.7 Å². The summed E-state index contributed by atoms with van der Waals surface area (Å²) in [4.78, 5) is 35.8. The van der Waals surface area contributed by atoms with Crippen LogP contribution in [-0.2, 0) is 26.3 Å². The molecule has 0 radical (unpaired) electrons. The van der Waals surface area contributed by atoms with Crippen LogP contribution in [0.5, 0.6) is 0 Å². The lowest BCUT2D eigenvalue weighted by atomic mass is 9.86. The molecule has 2 rings (SSSR count). The second-order valence-corrected chi connectivity index (χ2v) is 7.54. The first-order valence-corrected chi connectivity index (χ1v) is 9.00. The predicted octanol–water partition coefficient (Wildman–Crippen LogP) is 3.30. The number of amides is 1. The Hall–Kier alpha value is -3.15. The second-order valence-electron chi connectivity index (χ2n) is 7.54. The average molecular weight is 383 g/mol. The van der Waals surface area contributed by atoms with Crippen molar-refractivity contribution in [3.8, 4) is 0 Å². The van der Waals surface area contributed by atoms with Gasteiger partial charge in [-0.25, -0.2) is 4.79 Å². The molecule has 0 aliphatic carbocycles. The highest BCUT2D eigenvalue weighted by molar-refractivity contribution is 5.97. The number of carboxylic acids is 1. The summed E-state index contributed by atoms with van der Waals surface area (Å²) < 4.78 is 5.10. The van der Waals surface area contributed by atoms with Gasteiger partial charge in [0.1, 0.15) is 12.6 Å². The third-order valence-corrected chi connectivity index (χ3v) is 4.23. The van der Waals surface area contributed by atoms with Crippen LogP contribution in [0.15, 0.2) is 54.6 Å². The zero-order valence-corrected chi connectivity index (χ0v) is 16.3. The van der Waals surface area contributed by atoms with Crippen LogP contribution in [0.4, 0.5) is 0 Å². The smallest absolute Gasteiger partial charge is 0.326 e. The molecule has 2 aromatic rings. The highest BCUT2D eigenvalue weighted by Gasteiger charge is 2.25. The maximum absolute atomic E-state index is 12.4. The summed E-state index contributed by atoms with van der Waals surface area (Å²) in [6.07, 6.45) is -0.450. The summed E-state index contributed by atoms with van der Waals surface area (Å²) in [5.41, 5.74) is 2.13. The van der Waals surface area contributed by atoms with Gasteiger partial charge in [0.15, 0.2) is 0 Å². The molecule has 6 nitrogen and oxygen atoms in total. The third kappa shape index (κ3) is 6.23. The molecule has 0 aromatic heterocycles. The first-order chi connectivity index (χ1) is 13.2. The Kier molecular flexibility index (Phi) is 6.93. The molecule has 148 valence electrons. The number of hydrogen-bond acceptors (Lipinski definition) is 4. The van der Waals surface area contributed by atoms with Gasteiger partial charge in [0.05, 0.1) is 6.42 Å². The molecule has 0 aliphatic rings. The Morgan fingerprint density at radius 1 is 1.00 bits per heavy atom. The molecule has 6 heteroatoms. The van der Waals surface area contributed by atoms with Crippen LogP contribution in [0.1, 0.15) is 48.7 Å². The van der Waals surface area contributed by atoms with E-state index in [9.17, 15) is 19.5 Å². The van der Waals surface area contributed by atoms with Crippen LogP contribution in [-0.4, -0.2) is 29.0 Å². The van der Waals surface area contributed by atoms with E-state index in [1.165, 1.54) is 0 Å². The highest BCUT2D eigenvalue weighted by atomic mass is 16.5. The molecule has 0 aliphatic heterocycles. The van der Waals surface area contributed by atoms with Gasteiger partial charge >= 0.3 is 11.9 Å². The van der Waals surface area contributed by atoms with Gasteiger partial charge in [0, 0.05) is 5.56 Å².